The molecule has 0 amide bonds. The van der Waals surface area contributed by atoms with Crippen LogP contribution in [0.2, 0.25) is 0 Å². The van der Waals surface area contributed by atoms with Crippen LogP contribution in [0.15, 0.2) is 18.2 Å². The highest BCUT2D eigenvalue weighted by molar-refractivity contribution is 6.59. The first-order valence-electron chi connectivity index (χ1n) is 7.57. The molecular weight excluding hydrogens is 269 g/mol. The van der Waals surface area contributed by atoms with Gasteiger partial charge in [-0.3, -0.25) is 4.90 Å². The quantitative estimate of drug-likeness (QED) is 0.772. The normalized spacial score (nSPS) is 25.7. The molecule has 0 radical (unpaired) electrons. The summed E-state index contributed by atoms with van der Waals surface area (Å²) >= 11 is 0. The van der Waals surface area contributed by atoms with Crippen LogP contribution in [-0.2, 0) is 11.3 Å². The molecule has 0 aromatic heterocycles. The van der Waals surface area contributed by atoms with Crippen molar-refractivity contribution in [3.8, 4) is 5.75 Å². The van der Waals surface area contributed by atoms with E-state index >= 15 is 0 Å². The molecule has 2 aliphatic rings. The summed E-state index contributed by atoms with van der Waals surface area (Å²) in [5.74, 6) is 0.509. The summed E-state index contributed by atoms with van der Waals surface area (Å²) in [6.07, 6.45) is 3.95. The Morgan fingerprint density at radius 2 is 2.24 bits per heavy atom. The molecule has 1 saturated heterocycles. The van der Waals surface area contributed by atoms with Crippen molar-refractivity contribution in [2.24, 2.45) is 0 Å². The lowest BCUT2D eigenvalue weighted by molar-refractivity contribution is -0.0588. The Hall–Kier alpha value is -1.08. The fraction of sp³-hybridized carbons (Fsp3) is 0.600. The summed E-state index contributed by atoms with van der Waals surface area (Å²) in [5, 5.41) is 18.9. The largest absolute Gasteiger partial charge is 0.497 e. The molecule has 1 aromatic carbocycles. The maximum Gasteiger partial charge on any atom is 0.492 e. The van der Waals surface area contributed by atoms with Crippen LogP contribution >= 0.6 is 0 Å². The minimum absolute atomic E-state index is 0.375. The van der Waals surface area contributed by atoms with E-state index in [1.54, 1.807) is 6.07 Å². The van der Waals surface area contributed by atoms with Crippen LogP contribution < -0.4 is 10.2 Å². The Morgan fingerprint density at radius 1 is 1.38 bits per heavy atom. The van der Waals surface area contributed by atoms with Crippen LogP contribution in [0.25, 0.3) is 0 Å². The van der Waals surface area contributed by atoms with Crippen LogP contribution in [0.1, 0.15) is 24.8 Å². The number of hydrogen-bond donors (Lipinski definition) is 2. The van der Waals surface area contributed by atoms with Crippen molar-refractivity contribution in [2.45, 2.75) is 38.0 Å². The standard InChI is InChI=1S/C15H22BNO4/c1-20-14-6-5-11(9-12(14)16(18)19)10-17-7-8-21-15-4-2-3-13(15)17/h5-6,9,13,15,18-19H,2-4,7-8,10H2,1H3. The predicted molar refractivity (Wildman–Crippen MR) is 80.6 cm³/mol. The van der Waals surface area contributed by atoms with E-state index < -0.39 is 7.12 Å². The van der Waals surface area contributed by atoms with Gasteiger partial charge >= 0.3 is 7.12 Å². The highest BCUT2D eigenvalue weighted by Gasteiger charge is 2.35. The second-order valence-corrected chi connectivity index (χ2v) is 5.83. The SMILES string of the molecule is COc1ccc(CN2CCOC3CCCC32)cc1B(O)O. The smallest absolute Gasteiger partial charge is 0.492 e. The molecule has 1 heterocycles. The van der Waals surface area contributed by atoms with Gasteiger partial charge < -0.3 is 19.5 Å². The fourth-order valence-electron chi connectivity index (χ4n) is 3.52. The van der Waals surface area contributed by atoms with E-state index in [9.17, 15) is 10.0 Å². The molecule has 6 heteroatoms. The van der Waals surface area contributed by atoms with Crippen molar-refractivity contribution in [3.05, 3.63) is 23.8 Å². The molecular formula is C15H22BNO4. The van der Waals surface area contributed by atoms with E-state index in [0.29, 0.717) is 23.4 Å². The van der Waals surface area contributed by atoms with E-state index in [1.807, 2.05) is 12.1 Å². The maximum atomic E-state index is 9.46. The van der Waals surface area contributed by atoms with Gasteiger partial charge in [0.2, 0.25) is 0 Å². The second-order valence-electron chi connectivity index (χ2n) is 5.83. The van der Waals surface area contributed by atoms with Crippen LogP contribution in [0.3, 0.4) is 0 Å². The first-order chi connectivity index (χ1) is 10.2. The summed E-state index contributed by atoms with van der Waals surface area (Å²) in [5.41, 5.74) is 1.50. The Bertz CT molecular complexity index is 497. The van der Waals surface area contributed by atoms with Crippen LogP contribution in [0.4, 0.5) is 0 Å². The molecule has 2 unspecified atom stereocenters. The topological polar surface area (TPSA) is 62.2 Å². The van der Waals surface area contributed by atoms with Gasteiger partial charge in [-0.2, -0.15) is 0 Å². The molecule has 2 atom stereocenters. The number of rotatable bonds is 4. The molecule has 1 aliphatic heterocycles. The van der Waals surface area contributed by atoms with Crippen molar-refractivity contribution in [1.29, 1.82) is 0 Å². The van der Waals surface area contributed by atoms with Crippen molar-refractivity contribution in [1.82, 2.24) is 4.90 Å². The number of benzene rings is 1. The zero-order valence-electron chi connectivity index (χ0n) is 12.4. The Labute approximate surface area is 125 Å². The Balaban J connectivity index is 1.76. The minimum Gasteiger partial charge on any atom is -0.497 e. The lowest BCUT2D eigenvalue weighted by Crippen LogP contribution is -2.48. The molecule has 1 aromatic rings. The molecule has 21 heavy (non-hydrogen) atoms. The van der Waals surface area contributed by atoms with Gasteiger partial charge in [0.25, 0.3) is 0 Å². The molecule has 0 spiro atoms. The molecule has 2 N–H and O–H groups in total. The van der Waals surface area contributed by atoms with Gasteiger partial charge in [0.05, 0.1) is 19.8 Å². The predicted octanol–water partition coefficient (Wildman–Crippen LogP) is 0.128. The molecule has 5 nitrogen and oxygen atoms in total. The average Bonchev–Trinajstić information content (AvgIpc) is 2.96. The molecule has 114 valence electrons. The van der Waals surface area contributed by atoms with Crippen LogP contribution in [-0.4, -0.2) is 54.5 Å². The summed E-state index contributed by atoms with van der Waals surface area (Å²) in [7, 11) is 0.0234. The fourth-order valence-corrected chi connectivity index (χ4v) is 3.52. The minimum atomic E-state index is -1.51. The van der Waals surface area contributed by atoms with Gasteiger partial charge in [-0.1, -0.05) is 12.1 Å². The lowest BCUT2D eigenvalue weighted by atomic mass is 9.78. The van der Waals surface area contributed by atoms with E-state index in [0.717, 1.165) is 31.7 Å². The summed E-state index contributed by atoms with van der Waals surface area (Å²) < 4.78 is 11.0. The van der Waals surface area contributed by atoms with E-state index in [1.165, 1.54) is 20.0 Å². The average molecular weight is 291 g/mol. The van der Waals surface area contributed by atoms with Gasteiger partial charge in [0, 0.05) is 24.6 Å². The zero-order valence-corrected chi connectivity index (χ0v) is 12.4. The highest BCUT2D eigenvalue weighted by Crippen LogP contribution is 2.30. The third-order valence-electron chi connectivity index (χ3n) is 4.56. The summed E-state index contributed by atoms with van der Waals surface area (Å²) in [6.45, 7) is 2.53. The maximum absolute atomic E-state index is 9.46. The van der Waals surface area contributed by atoms with Gasteiger partial charge in [-0.25, -0.2) is 0 Å². The zero-order chi connectivity index (χ0) is 14.8. The molecule has 0 bridgehead atoms. The van der Waals surface area contributed by atoms with Crippen molar-refractivity contribution < 1.29 is 19.5 Å². The van der Waals surface area contributed by atoms with Crippen LogP contribution in [0, 0.1) is 0 Å². The monoisotopic (exact) mass is 291 g/mol. The number of ether oxygens (including phenoxy) is 2. The van der Waals surface area contributed by atoms with E-state index in [-0.39, 0.29) is 0 Å². The number of morpholine rings is 1. The van der Waals surface area contributed by atoms with E-state index in [2.05, 4.69) is 4.90 Å². The summed E-state index contributed by atoms with van der Waals surface area (Å²) in [4.78, 5) is 2.45. The van der Waals surface area contributed by atoms with Gasteiger partial charge in [0.1, 0.15) is 5.75 Å². The molecule has 2 fully saturated rings. The summed E-state index contributed by atoms with van der Waals surface area (Å²) in [6, 6.07) is 6.12. The third kappa shape index (κ3) is 3.08. The first kappa shape index (κ1) is 14.8. The second kappa shape index (κ2) is 6.36. The van der Waals surface area contributed by atoms with E-state index in [4.69, 9.17) is 9.47 Å². The van der Waals surface area contributed by atoms with Crippen molar-refractivity contribution >= 4 is 12.6 Å². The van der Waals surface area contributed by atoms with Gasteiger partial charge in [0.15, 0.2) is 0 Å². The molecule has 1 saturated carbocycles. The Morgan fingerprint density at radius 3 is 3.00 bits per heavy atom. The number of fused-ring (bicyclic) bond motifs is 1. The highest BCUT2D eigenvalue weighted by atomic mass is 16.5. The number of hydrogen-bond acceptors (Lipinski definition) is 5. The number of nitrogens with zero attached hydrogens (tertiary/aromatic N) is 1. The van der Waals surface area contributed by atoms with Gasteiger partial charge in [-0.05, 0) is 30.9 Å². The number of methoxy groups -OCH3 is 1. The first-order valence-corrected chi connectivity index (χ1v) is 7.57. The van der Waals surface area contributed by atoms with Crippen LogP contribution in [0.5, 0.6) is 5.75 Å². The molecule has 1 aliphatic carbocycles. The van der Waals surface area contributed by atoms with Gasteiger partial charge in [-0.15, -0.1) is 0 Å². The lowest BCUT2D eigenvalue weighted by Gasteiger charge is -2.37. The van der Waals surface area contributed by atoms with Crippen molar-refractivity contribution in [2.75, 3.05) is 20.3 Å². The van der Waals surface area contributed by atoms with Crippen molar-refractivity contribution in [3.63, 3.8) is 0 Å². The molecule has 3 rings (SSSR count). The third-order valence-corrected chi connectivity index (χ3v) is 4.56. The Kier molecular flexibility index (Phi) is 4.49.